The van der Waals surface area contributed by atoms with Crippen molar-refractivity contribution in [2.45, 2.75) is 32.3 Å². The maximum absolute atomic E-state index is 5.43. The molecule has 0 aromatic rings. The molecule has 1 atom stereocenters. The van der Waals surface area contributed by atoms with E-state index in [-0.39, 0.29) is 0 Å². The van der Waals surface area contributed by atoms with Crippen LogP contribution in [0.1, 0.15) is 26.2 Å². The predicted molar refractivity (Wildman–Crippen MR) is 50.5 cm³/mol. The molecule has 2 aliphatic rings. The molecule has 76 valence electrons. The third-order valence-electron chi connectivity index (χ3n) is 3.00. The molecule has 1 aliphatic carbocycles. The summed E-state index contributed by atoms with van der Waals surface area (Å²) in [6.07, 6.45) is 4.17. The Labute approximate surface area is 79.8 Å². The maximum atomic E-state index is 5.43. The second kappa shape index (κ2) is 3.95. The summed E-state index contributed by atoms with van der Waals surface area (Å²) in [5, 5.41) is 3.48. The van der Waals surface area contributed by atoms with Gasteiger partial charge in [0, 0.05) is 13.1 Å². The van der Waals surface area contributed by atoms with Gasteiger partial charge in [-0.1, -0.05) is 6.92 Å². The molecule has 0 amide bonds. The number of ether oxygens (including phenoxy) is 2. The molecule has 1 N–H and O–H groups in total. The Morgan fingerprint density at radius 3 is 2.92 bits per heavy atom. The molecule has 1 heterocycles. The molecule has 13 heavy (non-hydrogen) atoms. The minimum Gasteiger partial charge on any atom is -0.355 e. The van der Waals surface area contributed by atoms with Crippen molar-refractivity contribution in [1.29, 1.82) is 0 Å². The van der Waals surface area contributed by atoms with Gasteiger partial charge in [0.25, 0.3) is 0 Å². The first kappa shape index (κ1) is 9.44. The highest BCUT2D eigenvalue weighted by Crippen LogP contribution is 2.43. The van der Waals surface area contributed by atoms with Gasteiger partial charge in [0.05, 0.1) is 12.7 Å². The van der Waals surface area contributed by atoms with E-state index in [1.54, 1.807) is 0 Å². The Bertz CT molecular complexity index is 162. The monoisotopic (exact) mass is 185 g/mol. The van der Waals surface area contributed by atoms with E-state index in [4.69, 9.17) is 9.47 Å². The van der Waals surface area contributed by atoms with Gasteiger partial charge >= 0.3 is 0 Å². The fourth-order valence-electron chi connectivity index (χ4n) is 1.59. The summed E-state index contributed by atoms with van der Waals surface area (Å²) in [5.74, 6) is 0. The lowest BCUT2D eigenvalue weighted by Gasteiger charge is -2.23. The summed E-state index contributed by atoms with van der Waals surface area (Å²) < 4.78 is 10.5. The first-order valence-electron chi connectivity index (χ1n) is 5.19. The fraction of sp³-hybridized carbons (Fsp3) is 1.00. The Morgan fingerprint density at radius 1 is 1.46 bits per heavy atom. The molecule has 0 aromatic carbocycles. The largest absolute Gasteiger partial charge is 0.355 e. The topological polar surface area (TPSA) is 30.5 Å². The molecule has 1 aliphatic heterocycles. The molecule has 3 heteroatoms. The van der Waals surface area contributed by atoms with Crippen molar-refractivity contribution in [3.8, 4) is 0 Å². The van der Waals surface area contributed by atoms with Crippen LogP contribution >= 0.6 is 0 Å². The molecule has 0 bridgehead atoms. The standard InChI is InChI=1S/C10H19NO2/c1-10(3-4-10)7-11-6-9-2-5-12-8-13-9/h9,11H,2-8H2,1H3. The van der Waals surface area contributed by atoms with Crippen molar-refractivity contribution in [2.75, 3.05) is 26.5 Å². The second-order valence-electron chi connectivity index (χ2n) is 4.55. The highest BCUT2D eigenvalue weighted by atomic mass is 16.7. The van der Waals surface area contributed by atoms with Gasteiger partial charge < -0.3 is 14.8 Å². The van der Waals surface area contributed by atoms with Gasteiger partial charge in [0.2, 0.25) is 0 Å². The van der Waals surface area contributed by atoms with Crippen LogP contribution in [0.5, 0.6) is 0 Å². The minimum atomic E-state index is 0.371. The van der Waals surface area contributed by atoms with Crippen molar-refractivity contribution < 1.29 is 9.47 Å². The van der Waals surface area contributed by atoms with E-state index in [1.807, 2.05) is 0 Å². The molecule has 2 rings (SSSR count). The zero-order chi connectivity index (χ0) is 9.15. The lowest BCUT2D eigenvalue weighted by atomic mass is 10.1. The van der Waals surface area contributed by atoms with E-state index in [0.29, 0.717) is 18.3 Å². The highest BCUT2D eigenvalue weighted by molar-refractivity contribution is 4.90. The quantitative estimate of drug-likeness (QED) is 0.712. The zero-order valence-electron chi connectivity index (χ0n) is 8.34. The van der Waals surface area contributed by atoms with E-state index < -0.39 is 0 Å². The molecule has 1 saturated heterocycles. The van der Waals surface area contributed by atoms with E-state index >= 15 is 0 Å². The van der Waals surface area contributed by atoms with Crippen LogP contribution in [0.15, 0.2) is 0 Å². The molecular weight excluding hydrogens is 166 g/mol. The average molecular weight is 185 g/mol. The lowest BCUT2D eigenvalue weighted by Crippen LogP contribution is -2.36. The van der Waals surface area contributed by atoms with Gasteiger partial charge in [0.15, 0.2) is 0 Å². The van der Waals surface area contributed by atoms with E-state index in [0.717, 1.165) is 26.1 Å². The molecule has 1 saturated carbocycles. The molecule has 0 aromatic heterocycles. The van der Waals surface area contributed by atoms with Crippen LogP contribution in [0.4, 0.5) is 0 Å². The predicted octanol–water partition coefficient (Wildman–Crippen LogP) is 1.14. The van der Waals surface area contributed by atoms with Crippen molar-refractivity contribution in [3.05, 3.63) is 0 Å². The molecule has 0 radical (unpaired) electrons. The van der Waals surface area contributed by atoms with Crippen LogP contribution in [0.25, 0.3) is 0 Å². The summed E-state index contributed by atoms with van der Waals surface area (Å²) in [7, 11) is 0. The van der Waals surface area contributed by atoms with Crippen LogP contribution in [0, 0.1) is 5.41 Å². The van der Waals surface area contributed by atoms with E-state index in [2.05, 4.69) is 12.2 Å². The Hall–Kier alpha value is -0.120. The molecular formula is C10H19NO2. The van der Waals surface area contributed by atoms with Crippen molar-refractivity contribution in [3.63, 3.8) is 0 Å². The molecule has 0 spiro atoms. The summed E-state index contributed by atoms with van der Waals surface area (Å²) in [4.78, 5) is 0. The first-order chi connectivity index (χ1) is 6.29. The van der Waals surface area contributed by atoms with Crippen LogP contribution < -0.4 is 5.32 Å². The smallest absolute Gasteiger partial charge is 0.147 e. The van der Waals surface area contributed by atoms with Gasteiger partial charge in [0.1, 0.15) is 6.79 Å². The maximum Gasteiger partial charge on any atom is 0.147 e. The Balaban J connectivity index is 1.56. The van der Waals surface area contributed by atoms with Crippen LogP contribution in [0.3, 0.4) is 0 Å². The lowest BCUT2D eigenvalue weighted by molar-refractivity contribution is -0.137. The van der Waals surface area contributed by atoms with Gasteiger partial charge in [-0.05, 0) is 24.7 Å². The van der Waals surface area contributed by atoms with Crippen molar-refractivity contribution >= 4 is 0 Å². The zero-order valence-corrected chi connectivity index (χ0v) is 8.34. The van der Waals surface area contributed by atoms with Gasteiger partial charge in [-0.25, -0.2) is 0 Å². The van der Waals surface area contributed by atoms with Crippen LogP contribution in [-0.2, 0) is 9.47 Å². The van der Waals surface area contributed by atoms with E-state index in [1.165, 1.54) is 12.8 Å². The third-order valence-corrected chi connectivity index (χ3v) is 3.00. The molecule has 3 nitrogen and oxygen atoms in total. The fourth-order valence-corrected chi connectivity index (χ4v) is 1.59. The van der Waals surface area contributed by atoms with Crippen molar-refractivity contribution in [1.82, 2.24) is 5.32 Å². The van der Waals surface area contributed by atoms with E-state index in [9.17, 15) is 0 Å². The number of hydrogen-bond acceptors (Lipinski definition) is 3. The number of nitrogens with one attached hydrogen (secondary N) is 1. The summed E-state index contributed by atoms with van der Waals surface area (Å²) in [6, 6.07) is 0. The molecule has 2 fully saturated rings. The Morgan fingerprint density at radius 2 is 2.31 bits per heavy atom. The average Bonchev–Trinajstić information content (AvgIpc) is 2.86. The van der Waals surface area contributed by atoms with Gasteiger partial charge in [-0.3, -0.25) is 0 Å². The van der Waals surface area contributed by atoms with Crippen LogP contribution in [0.2, 0.25) is 0 Å². The number of hydrogen-bond donors (Lipinski definition) is 1. The van der Waals surface area contributed by atoms with Gasteiger partial charge in [-0.15, -0.1) is 0 Å². The summed E-state index contributed by atoms with van der Waals surface area (Å²) >= 11 is 0. The highest BCUT2D eigenvalue weighted by Gasteiger charge is 2.36. The van der Waals surface area contributed by atoms with Crippen LogP contribution in [-0.4, -0.2) is 32.6 Å². The Kier molecular flexibility index (Phi) is 2.86. The molecule has 1 unspecified atom stereocenters. The van der Waals surface area contributed by atoms with Gasteiger partial charge in [-0.2, -0.15) is 0 Å². The normalized spacial score (nSPS) is 31.6. The number of rotatable bonds is 4. The third kappa shape index (κ3) is 2.93. The summed E-state index contributed by atoms with van der Waals surface area (Å²) in [5.41, 5.74) is 0.602. The van der Waals surface area contributed by atoms with Crippen molar-refractivity contribution in [2.24, 2.45) is 5.41 Å². The SMILES string of the molecule is CC1(CNCC2CCOCO2)CC1. The summed E-state index contributed by atoms with van der Waals surface area (Å²) in [6.45, 7) is 5.80. The minimum absolute atomic E-state index is 0.371. The second-order valence-corrected chi connectivity index (χ2v) is 4.55. The first-order valence-corrected chi connectivity index (χ1v) is 5.19.